The zero-order chi connectivity index (χ0) is 18.9. The molecule has 0 aliphatic carbocycles. The number of nitrogen functional groups attached to an aromatic ring is 1. The number of hydrogen-bond acceptors (Lipinski definition) is 6. The maximum atomic E-state index is 12.6. The molecule has 2 aromatic rings. The molecule has 0 bridgehead atoms. The summed E-state index contributed by atoms with van der Waals surface area (Å²) in [5, 5.41) is 2.44. The van der Waals surface area contributed by atoms with Gasteiger partial charge in [-0.2, -0.15) is 0 Å². The molecule has 1 unspecified atom stereocenters. The zero-order valence-electron chi connectivity index (χ0n) is 15.1. The van der Waals surface area contributed by atoms with Crippen LogP contribution in [0, 0.1) is 0 Å². The maximum Gasteiger partial charge on any atom is 0.222 e. The van der Waals surface area contributed by atoms with E-state index >= 15 is 0 Å². The van der Waals surface area contributed by atoms with Crippen LogP contribution in [0.5, 0.6) is 5.75 Å². The molecule has 142 valence electrons. The summed E-state index contributed by atoms with van der Waals surface area (Å²) in [6, 6.07) is 7.44. The van der Waals surface area contributed by atoms with Crippen LogP contribution in [0.25, 0.3) is 0 Å². The van der Waals surface area contributed by atoms with Crippen LogP contribution in [0.3, 0.4) is 0 Å². The second-order valence-electron chi connectivity index (χ2n) is 7.29. The number of carbonyl (C=O) groups is 2. The number of benzene rings is 1. The van der Waals surface area contributed by atoms with E-state index in [9.17, 15) is 9.59 Å². The third-order valence-corrected chi connectivity index (χ3v) is 6.13. The Morgan fingerprint density at radius 1 is 1.30 bits per heavy atom. The fourth-order valence-corrected chi connectivity index (χ4v) is 4.57. The van der Waals surface area contributed by atoms with Crippen molar-refractivity contribution in [3.05, 3.63) is 40.9 Å². The van der Waals surface area contributed by atoms with Gasteiger partial charge < -0.3 is 15.4 Å². The van der Waals surface area contributed by atoms with Crippen LogP contribution in [-0.2, 0) is 11.2 Å². The molecule has 7 heteroatoms. The number of aromatic nitrogens is 1. The van der Waals surface area contributed by atoms with E-state index < -0.39 is 5.60 Å². The van der Waals surface area contributed by atoms with E-state index in [4.69, 9.17) is 10.5 Å². The topological polar surface area (TPSA) is 85.5 Å². The van der Waals surface area contributed by atoms with Crippen LogP contribution in [0.1, 0.15) is 48.2 Å². The highest BCUT2D eigenvalue weighted by molar-refractivity contribution is 7.13. The van der Waals surface area contributed by atoms with Gasteiger partial charge in [-0.25, -0.2) is 4.98 Å². The van der Waals surface area contributed by atoms with Crippen molar-refractivity contribution in [1.29, 1.82) is 0 Å². The molecule has 4 rings (SSSR count). The lowest BCUT2D eigenvalue weighted by Gasteiger charge is -2.37. The summed E-state index contributed by atoms with van der Waals surface area (Å²) in [5.74, 6) is 0.938. The number of ketones is 1. The second kappa shape index (κ2) is 7.31. The number of rotatable bonds is 3. The molecule has 2 N–H and O–H groups in total. The summed E-state index contributed by atoms with van der Waals surface area (Å²) in [6.07, 6.45) is 3.74. The molecule has 2 aliphatic rings. The lowest BCUT2D eigenvalue weighted by molar-refractivity contribution is -0.131. The molecule has 0 radical (unpaired) electrons. The van der Waals surface area contributed by atoms with E-state index in [2.05, 4.69) is 4.98 Å². The largest absolute Gasteiger partial charge is 0.486 e. The summed E-state index contributed by atoms with van der Waals surface area (Å²) in [6.45, 7) is 1.33. The zero-order valence-corrected chi connectivity index (χ0v) is 16.0. The molecule has 1 atom stereocenters. The molecule has 1 spiro atoms. The normalized spacial score (nSPS) is 22.2. The van der Waals surface area contributed by atoms with E-state index in [0.29, 0.717) is 55.2 Å². The fraction of sp³-hybridized carbons (Fsp3) is 0.450. The average molecular weight is 385 g/mol. The van der Waals surface area contributed by atoms with Gasteiger partial charge in [0.05, 0.1) is 17.7 Å². The molecule has 1 saturated heterocycles. The average Bonchev–Trinajstić information content (AvgIpc) is 2.97. The number of carbonyl (C=O) groups excluding carboxylic acids is 2. The number of likely N-dealkylation sites (tertiary alicyclic amines) is 1. The number of thiazole rings is 1. The van der Waals surface area contributed by atoms with E-state index in [0.717, 1.165) is 18.5 Å². The molecule has 1 fully saturated rings. The molecule has 1 aromatic carbocycles. The number of Topliss-reactive ketones (excluding diaryl/α,β-unsaturated/α-hetero) is 1. The van der Waals surface area contributed by atoms with Gasteiger partial charge in [0.25, 0.3) is 0 Å². The minimum absolute atomic E-state index is 0.126. The highest BCUT2D eigenvalue weighted by atomic mass is 32.1. The van der Waals surface area contributed by atoms with Crippen LogP contribution in [0.4, 0.5) is 5.13 Å². The first-order chi connectivity index (χ1) is 13.0. The molecule has 6 nitrogen and oxygen atoms in total. The SMILES string of the molecule is Nc1nc(CCC(=O)N2CCCC3(CC2)CC(=O)c2ccccc2O3)cs1. The van der Waals surface area contributed by atoms with Crippen LogP contribution >= 0.6 is 11.3 Å². The quantitative estimate of drug-likeness (QED) is 0.878. The van der Waals surface area contributed by atoms with E-state index in [1.54, 1.807) is 0 Å². The van der Waals surface area contributed by atoms with Crippen LogP contribution in [-0.4, -0.2) is 40.3 Å². The van der Waals surface area contributed by atoms with Gasteiger partial charge in [-0.15, -0.1) is 11.3 Å². The van der Waals surface area contributed by atoms with Crippen molar-refractivity contribution in [2.24, 2.45) is 0 Å². The predicted molar refractivity (Wildman–Crippen MR) is 104 cm³/mol. The number of para-hydroxylation sites is 1. The smallest absolute Gasteiger partial charge is 0.222 e. The summed E-state index contributed by atoms with van der Waals surface area (Å²) in [7, 11) is 0. The fourth-order valence-electron chi connectivity index (χ4n) is 3.97. The minimum atomic E-state index is -0.482. The third-order valence-electron chi connectivity index (χ3n) is 5.41. The van der Waals surface area contributed by atoms with Gasteiger partial charge in [-0.1, -0.05) is 12.1 Å². The van der Waals surface area contributed by atoms with Gasteiger partial charge in [0, 0.05) is 31.3 Å². The van der Waals surface area contributed by atoms with Gasteiger partial charge in [-0.3, -0.25) is 9.59 Å². The molecular weight excluding hydrogens is 362 g/mol. The summed E-state index contributed by atoms with van der Waals surface area (Å²) in [5.41, 5.74) is 6.70. The summed E-state index contributed by atoms with van der Waals surface area (Å²) >= 11 is 1.40. The summed E-state index contributed by atoms with van der Waals surface area (Å²) < 4.78 is 6.29. The number of anilines is 1. The second-order valence-corrected chi connectivity index (χ2v) is 8.18. The molecule has 2 aliphatic heterocycles. The third kappa shape index (κ3) is 3.83. The first-order valence-electron chi connectivity index (χ1n) is 9.34. The van der Waals surface area contributed by atoms with Crippen molar-refractivity contribution in [2.75, 3.05) is 18.8 Å². The van der Waals surface area contributed by atoms with Gasteiger partial charge in [0.2, 0.25) is 5.91 Å². The standard InChI is InChI=1S/C20H23N3O3S/c21-19-22-14(13-27-19)6-7-18(25)23-10-3-8-20(9-11-23)12-16(24)15-4-1-2-5-17(15)26-20/h1-2,4-5,13H,3,6-12H2,(H2,21,22). The number of nitrogens with two attached hydrogens (primary N) is 1. The Bertz CT molecular complexity index is 866. The van der Waals surface area contributed by atoms with Gasteiger partial charge in [0.1, 0.15) is 11.4 Å². The monoisotopic (exact) mass is 385 g/mol. The van der Waals surface area contributed by atoms with E-state index in [-0.39, 0.29) is 11.7 Å². The van der Waals surface area contributed by atoms with Crippen molar-refractivity contribution in [3.63, 3.8) is 0 Å². The minimum Gasteiger partial charge on any atom is -0.486 e. The van der Waals surface area contributed by atoms with Gasteiger partial charge in [0.15, 0.2) is 10.9 Å². The predicted octanol–water partition coefficient (Wildman–Crippen LogP) is 3.07. The molecule has 3 heterocycles. The van der Waals surface area contributed by atoms with Crippen molar-refractivity contribution in [3.8, 4) is 5.75 Å². The molecular formula is C20H23N3O3S. The number of amides is 1. The van der Waals surface area contributed by atoms with Crippen molar-refractivity contribution >= 4 is 28.2 Å². The first-order valence-corrected chi connectivity index (χ1v) is 10.2. The van der Waals surface area contributed by atoms with Gasteiger partial charge >= 0.3 is 0 Å². The van der Waals surface area contributed by atoms with Gasteiger partial charge in [-0.05, 0) is 31.4 Å². The maximum absolute atomic E-state index is 12.6. The van der Waals surface area contributed by atoms with Crippen LogP contribution < -0.4 is 10.5 Å². The number of aryl methyl sites for hydroxylation is 1. The van der Waals surface area contributed by atoms with Crippen molar-refractivity contribution < 1.29 is 14.3 Å². The summed E-state index contributed by atoms with van der Waals surface area (Å²) in [4.78, 5) is 31.3. The molecule has 1 aromatic heterocycles. The van der Waals surface area contributed by atoms with Crippen molar-refractivity contribution in [2.45, 2.75) is 44.1 Å². The Balaban J connectivity index is 1.39. The first kappa shape index (κ1) is 18.0. The number of hydrogen-bond donors (Lipinski definition) is 1. The Labute approximate surface area is 162 Å². The highest BCUT2D eigenvalue weighted by Crippen LogP contribution is 2.39. The highest BCUT2D eigenvalue weighted by Gasteiger charge is 2.41. The number of fused-ring (bicyclic) bond motifs is 1. The molecule has 27 heavy (non-hydrogen) atoms. The van der Waals surface area contributed by atoms with E-state index in [1.165, 1.54) is 11.3 Å². The molecule has 1 amide bonds. The van der Waals surface area contributed by atoms with Crippen LogP contribution in [0.15, 0.2) is 29.6 Å². The Morgan fingerprint density at radius 3 is 2.96 bits per heavy atom. The van der Waals surface area contributed by atoms with Crippen molar-refractivity contribution in [1.82, 2.24) is 9.88 Å². The lowest BCUT2D eigenvalue weighted by Crippen LogP contribution is -2.43. The molecule has 0 saturated carbocycles. The Kier molecular flexibility index (Phi) is 4.86. The van der Waals surface area contributed by atoms with Crippen LogP contribution in [0.2, 0.25) is 0 Å². The van der Waals surface area contributed by atoms with E-state index in [1.807, 2.05) is 34.5 Å². The number of nitrogens with zero attached hydrogens (tertiary/aromatic N) is 2. The Morgan fingerprint density at radius 2 is 2.15 bits per heavy atom. The Hall–Kier alpha value is -2.41. The lowest BCUT2D eigenvalue weighted by atomic mass is 9.84. The number of ether oxygens (including phenoxy) is 1.